The Morgan fingerprint density at radius 1 is 1.39 bits per heavy atom. The average Bonchev–Trinajstić information content (AvgIpc) is 2.85. The van der Waals surface area contributed by atoms with Crippen LogP contribution in [-0.4, -0.2) is 18.5 Å². The summed E-state index contributed by atoms with van der Waals surface area (Å²) in [5.41, 5.74) is 0.727. The van der Waals surface area contributed by atoms with Crippen molar-refractivity contribution in [3.05, 3.63) is 0 Å². The van der Waals surface area contributed by atoms with Crippen LogP contribution in [-0.2, 0) is 9.47 Å². The molecule has 6 atom stereocenters. The molecule has 2 nitrogen and oxygen atoms in total. The second-order valence-corrected chi connectivity index (χ2v) is 7.12. The zero-order valence-electron chi connectivity index (χ0n) is 11.9. The van der Waals surface area contributed by atoms with E-state index < -0.39 is 0 Å². The minimum absolute atomic E-state index is 0.0814. The molecule has 0 aromatic rings. The van der Waals surface area contributed by atoms with E-state index in [0.29, 0.717) is 22.9 Å². The Morgan fingerprint density at radius 3 is 2.72 bits per heavy atom. The molecule has 0 N–H and O–H groups in total. The van der Waals surface area contributed by atoms with Crippen molar-refractivity contribution in [1.29, 1.82) is 0 Å². The second kappa shape index (κ2) is 3.74. The second-order valence-electron chi connectivity index (χ2n) is 7.12. The first kappa shape index (κ1) is 12.5. The molecule has 1 aliphatic heterocycles. The monoisotopic (exact) mass is 248 g/mol. The molecule has 1 saturated heterocycles. The van der Waals surface area contributed by atoms with Gasteiger partial charge in [0.25, 0.3) is 0 Å². The third-order valence-corrected chi connectivity index (χ3v) is 6.26. The Balaban J connectivity index is 1.77. The first-order valence-electron chi connectivity index (χ1n) is 7.17. The van der Waals surface area contributed by atoms with Gasteiger partial charge in [0.15, 0.2) is 6.29 Å². The SMILES string of the molecule is C#C[C@@H](C)O[C@@H]1C[C@H]2[C@H]3CC[C@@](C)([C@H]2O1)C3(C)C. The van der Waals surface area contributed by atoms with E-state index in [1.54, 1.807) is 0 Å². The van der Waals surface area contributed by atoms with Crippen LogP contribution in [0.5, 0.6) is 0 Å². The molecule has 18 heavy (non-hydrogen) atoms. The highest BCUT2D eigenvalue weighted by molar-refractivity contribution is 5.16. The van der Waals surface area contributed by atoms with Gasteiger partial charge in [-0.25, -0.2) is 0 Å². The summed E-state index contributed by atoms with van der Waals surface area (Å²) in [6, 6.07) is 0. The van der Waals surface area contributed by atoms with E-state index in [1.807, 2.05) is 6.92 Å². The first-order chi connectivity index (χ1) is 8.40. The van der Waals surface area contributed by atoms with Gasteiger partial charge in [0.2, 0.25) is 0 Å². The Bertz CT molecular complexity index is 394. The van der Waals surface area contributed by atoms with Gasteiger partial charge in [-0.15, -0.1) is 6.42 Å². The third-order valence-electron chi connectivity index (χ3n) is 6.26. The van der Waals surface area contributed by atoms with Crippen LogP contribution in [0.25, 0.3) is 0 Å². The molecule has 100 valence electrons. The van der Waals surface area contributed by atoms with Gasteiger partial charge >= 0.3 is 0 Å². The van der Waals surface area contributed by atoms with Crippen LogP contribution in [0.2, 0.25) is 0 Å². The third kappa shape index (κ3) is 1.38. The molecule has 0 unspecified atom stereocenters. The molecule has 1 heterocycles. The van der Waals surface area contributed by atoms with Crippen molar-refractivity contribution in [3.63, 3.8) is 0 Å². The largest absolute Gasteiger partial charge is 0.348 e. The molecule has 3 aliphatic rings. The Labute approximate surface area is 110 Å². The highest BCUT2D eigenvalue weighted by Crippen LogP contribution is 2.71. The maximum Gasteiger partial charge on any atom is 0.160 e. The van der Waals surface area contributed by atoms with E-state index in [4.69, 9.17) is 15.9 Å². The topological polar surface area (TPSA) is 18.5 Å². The van der Waals surface area contributed by atoms with Crippen molar-refractivity contribution in [2.45, 2.75) is 65.5 Å². The lowest BCUT2D eigenvalue weighted by molar-refractivity contribution is -0.173. The number of ether oxygens (including phenoxy) is 2. The summed E-state index contributed by atoms with van der Waals surface area (Å²) in [7, 11) is 0. The minimum atomic E-state index is -0.146. The molecule has 2 bridgehead atoms. The molecule has 3 fully saturated rings. The number of hydrogen-bond donors (Lipinski definition) is 0. The molecule has 3 rings (SSSR count). The molecular weight excluding hydrogens is 224 g/mol. The molecule has 2 heteroatoms. The summed E-state index contributed by atoms with van der Waals surface area (Å²) in [5, 5.41) is 0. The van der Waals surface area contributed by atoms with Crippen molar-refractivity contribution in [2.75, 3.05) is 0 Å². The van der Waals surface area contributed by atoms with E-state index in [0.717, 1.165) is 12.3 Å². The standard InChI is InChI=1S/C16H24O2/c1-6-10(2)17-13-9-11-12-7-8-16(5,14(11)18-13)15(12,3)4/h1,10-14H,7-9H2,2-5H3/t10-,11+,12-,13+,14+,16+/m1/s1. The summed E-state index contributed by atoms with van der Waals surface area (Å²) in [4.78, 5) is 0. The fourth-order valence-corrected chi connectivity index (χ4v) is 4.84. The summed E-state index contributed by atoms with van der Waals surface area (Å²) < 4.78 is 12.0. The van der Waals surface area contributed by atoms with Gasteiger partial charge in [-0.05, 0) is 42.4 Å². The zero-order chi connectivity index (χ0) is 13.1. The van der Waals surface area contributed by atoms with Crippen molar-refractivity contribution in [3.8, 4) is 12.3 Å². The molecule has 0 spiro atoms. The van der Waals surface area contributed by atoms with Crippen LogP contribution in [0.3, 0.4) is 0 Å². The fourth-order valence-electron chi connectivity index (χ4n) is 4.84. The fraction of sp³-hybridized carbons (Fsp3) is 0.875. The van der Waals surface area contributed by atoms with E-state index in [2.05, 4.69) is 26.7 Å². The van der Waals surface area contributed by atoms with Crippen LogP contribution >= 0.6 is 0 Å². The molecule has 0 aromatic carbocycles. The molecular formula is C16H24O2. The number of rotatable bonds is 2. The molecule has 2 saturated carbocycles. The summed E-state index contributed by atoms with van der Waals surface area (Å²) >= 11 is 0. The Morgan fingerprint density at radius 2 is 2.11 bits per heavy atom. The van der Waals surface area contributed by atoms with E-state index in [1.165, 1.54) is 12.8 Å². The lowest BCUT2D eigenvalue weighted by Crippen LogP contribution is -2.38. The van der Waals surface area contributed by atoms with Gasteiger partial charge in [-0.1, -0.05) is 26.7 Å². The average molecular weight is 248 g/mol. The number of terminal acetylenes is 1. The molecule has 0 radical (unpaired) electrons. The van der Waals surface area contributed by atoms with Gasteiger partial charge in [0.1, 0.15) is 6.10 Å². The Kier molecular flexibility index (Phi) is 2.60. The smallest absolute Gasteiger partial charge is 0.160 e. The highest BCUT2D eigenvalue weighted by atomic mass is 16.7. The summed E-state index contributed by atoms with van der Waals surface area (Å²) in [5.74, 6) is 4.09. The van der Waals surface area contributed by atoms with E-state index in [9.17, 15) is 0 Å². The highest BCUT2D eigenvalue weighted by Gasteiger charge is 2.69. The maximum absolute atomic E-state index is 6.21. The first-order valence-corrected chi connectivity index (χ1v) is 7.17. The Hall–Kier alpha value is -0.520. The van der Waals surface area contributed by atoms with Crippen molar-refractivity contribution >= 4 is 0 Å². The van der Waals surface area contributed by atoms with Crippen LogP contribution in [0, 0.1) is 35.0 Å². The minimum Gasteiger partial charge on any atom is -0.348 e. The number of hydrogen-bond acceptors (Lipinski definition) is 2. The van der Waals surface area contributed by atoms with E-state index in [-0.39, 0.29) is 12.4 Å². The normalized spacial score (nSPS) is 49.9. The molecule has 0 aromatic heterocycles. The van der Waals surface area contributed by atoms with Gasteiger partial charge in [0.05, 0.1) is 6.10 Å². The van der Waals surface area contributed by atoms with Crippen LogP contribution in [0.15, 0.2) is 0 Å². The van der Waals surface area contributed by atoms with Gasteiger partial charge < -0.3 is 9.47 Å². The number of fused-ring (bicyclic) bond motifs is 5. The quantitative estimate of drug-likeness (QED) is 0.699. The van der Waals surface area contributed by atoms with Crippen LogP contribution in [0.4, 0.5) is 0 Å². The summed E-state index contributed by atoms with van der Waals surface area (Å²) in [6.45, 7) is 9.17. The zero-order valence-corrected chi connectivity index (χ0v) is 11.9. The van der Waals surface area contributed by atoms with E-state index >= 15 is 0 Å². The van der Waals surface area contributed by atoms with Crippen molar-refractivity contribution in [2.24, 2.45) is 22.7 Å². The molecule has 0 amide bonds. The van der Waals surface area contributed by atoms with Crippen molar-refractivity contribution < 1.29 is 9.47 Å². The maximum atomic E-state index is 6.21. The molecule has 2 aliphatic carbocycles. The lowest BCUT2D eigenvalue weighted by atomic mass is 9.70. The van der Waals surface area contributed by atoms with Crippen LogP contribution < -0.4 is 0 Å². The van der Waals surface area contributed by atoms with Gasteiger partial charge in [0, 0.05) is 6.42 Å². The lowest BCUT2D eigenvalue weighted by Gasteiger charge is -2.38. The van der Waals surface area contributed by atoms with Crippen LogP contribution in [0.1, 0.15) is 47.0 Å². The van der Waals surface area contributed by atoms with Gasteiger partial charge in [-0.3, -0.25) is 0 Å². The summed E-state index contributed by atoms with van der Waals surface area (Å²) in [6.07, 6.45) is 9.20. The van der Waals surface area contributed by atoms with Crippen molar-refractivity contribution in [1.82, 2.24) is 0 Å². The predicted octanol–water partition coefficient (Wildman–Crippen LogP) is 3.21. The van der Waals surface area contributed by atoms with Gasteiger partial charge in [-0.2, -0.15) is 0 Å². The predicted molar refractivity (Wildman–Crippen MR) is 70.8 cm³/mol.